The van der Waals surface area contributed by atoms with E-state index in [4.69, 9.17) is 0 Å². The van der Waals surface area contributed by atoms with Gasteiger partial charge in [0.25, 0.3) is 0 Å². The van der Waals surface area contributed by atoms with E-state index in [1.165, 1.54) is 0 Å². The number of hydrogen-bond donors (Lipinski definition) is 3. The minimum Gasteiger partial charge on any atom is -0.368 e. The van der Waals surface area contributed by atoms with Gasteiger partial charge in [0.1, 0.15) is 17.4 Å². The van der Waals surface area contributed by atoms with Crippen LogP contribution in [0.2, 0.25) is 0 Å². The number of fused-ring (bicyclic) bond motifs is 2. The second-order valence-corrected chi connectivity index (χ2v) is 8.30. The van der Waals surface area contributed by atoms with E-state index in [9.17, 15) is 5.26 Å². The summed E-state index contributed by atoms with van der Waals surface area (Å²) in [7, 11) is 1.81. The van der Waals surface area contributed by atoms with Crippen molar-refractivity contribution in [3.63, 3.8) is 0 Å². The first kappa shape index (κ1) is 19.3. The topological polar surface area (TPSA) is 97.6 Å². The third-order valence-electron chi connectivity index (χ3n) is 5.63. The van der Waals surface area contributed by atoms with Gasteiger partial charge in [0.05, 0.1) is 16.5 Å². The van der Waals surface area contributed by atoms with Crippen molar-refractivity contribution < 1.29 is 4.39 Å². The first-order valence-corrected chi connectivity index (χ1v) is 10.2. The van der Waals surface area contributed by atoms with Crippen molar-refractivity contribution in [3.8, 4) is 6.07 Å². The molecule has 0 saturated carbocycles. The highest BCUT2D eigenvalue weighted by molar-refractivity contribution is 5.95. The van der Waals surface area contributed by atoms with Crippen LogP contribution in [0.4, 0.5) is 21.6 Å². The normalized spacial score (nSPS) is 19.1. The molecule has 0 bridgehead atoms. The highest BCUT2D eigenvalue weighted by Gasteiger charge is 2.23. The number of piperazine rings is 1. The van der Waals surface area contributed by atoms with Crippen LogP contribution in [0.15, 0.2) is 30.5 Å². The number of H-pyrrole nitrogens is 1. The van der Waals surface area contributed by atoms with Crippen LogP contribution in [-0.4, -0.2) is 45.2 Å². The van der Waals surface area contributed by atoms with Crippen molar-refractivity contribution in [2.75, 3.05) is 23.3 Å². The maximum atomic E-state index is 15.2. The Kier molecular flexibility index (Phi) is 4.52. The van der Waals surface area contributed by atoms with Crippen molar-refractivity contribution in [2.45, 2.75) is 25.9 Å². The zero-order chi connectivity index (χ0) is 21.7. The Morgan fingerprint density at radius 2 is 1.97 bits per heavy atom. The van der Waals surface area contributed by atoms with Crippen molar-refractivity contribution >= 4 is 39.0 Å². The molecule has 0 spiro atoms. The maximum absolute atomic E-state index is 15.2. The summed E-state index contributed by atoms with van der Waals surface area (Å²) in [5.41, 5.74) is 3.20. The Labute approximate surface area is 178 Å². The molecule has 2 atom stereocenters. The van der Waals surface area contributed by atoms with Crippen molar-refractivity contribution in [3.05, 3.63) is 41.8 Å². The number of rotatable bonds is 3. The van der Waals surface area contributed by atoms with E-state index in [1.807, 2.05) is 25.4 Å². The van der Waals surface area contributed by atoms with E-state index in [0.29, 0.717) is 45.6 Å². The maximum Gasteiger partial charge on any atom is 0.163 e. The molecule has 2 aromatic carbocycles. The van der Waals surface area contributed by atoms with Gasteiger partial charge in [0, 0.05) is 55.2 Å². The van der Waals surface area contributed by atoms with Gasteiger partial charge >= 0.3 is 0 Å². The number of nitriles is 1. The first-order valence-electron chi connectivity index (χ1n) is 10.2. The molecule has 8 nitrogen and oxygen atoms in total. The zero-order valence-electron chi connectivity index (χ0n) is 17.6. The fourth-order valence-corrected chi connectivity index (χ4v) is 4.45. The summed E-state index contributed by atoms with van der Waals surface area (Å²) in [5.74, 6) is 0.0405. The molecule has 5 rings (SSSR count). The molecule has 3 N–H and O–H groups in total. The van der Waals surface area contributed by atoms with E-state index in [0.717, 1.165) is 24.2 Å². The molecule has 1 aliphatic rings. The van der Waals surface area contributed by atoms with Crippen LogP contribution in [0.3, 0.4) is 0 Å². The SMILES string of the molecule is C[C@H]1CN(c2cc(F)c3c(Nc4cc(C#N)c5nn(C)cc5c4)n[nH]c3c2)C[C@H](C)N1. The average Bonchev–Trinajstić information content (AvgIpc) is 3.29. The van der Waals surface area contributed by atoms with Crippen molar-refractivity contribution in [1.29, 1.82) is 5.26 Å². The molecule has 1 fully saturated rings. The summed E-state index contributed by atoms with van der Waals surface area (Å²) < 4.78 is 16.9. The summed E-state index contributed by atoms with van der Waals surface area (Å²) in [4.78, 5) is 2.19. The number of aromatic amines is 1. The van der Waals surface area contributed by atoms with Gasteiger partial charge in [-0.1, -0.05) is 0 Å². The lowest BCUT2D eigenvalue weighted by Gasteiger charge is -2.37. The first-order chi connectivity index (χ1) is 14.9. The lowest BCUT2D eigenvalue weighted by Crippen LogP contribution is -2.54. The molecule has 9 heteroatoms. The molecule has 158 valence electrons. The van der Waals surface area contributed by atoms with Gasteiger partial charge in [-0.15, -0.1) is 0 Å². The van der Waals surface area contributed by atoms with Gasteiger partial charge in [0.15, 0.2) is 5.82 Å². The van der Waals surface area contributed by atoms with Gasteiger partial charge in [-0.3, -0.25) is 9.78 Å². The van der Waals surface area contributed by atoms with E-state index in [2.05, 4.69) is 50.7 Å². The van der Waals surface area contributed by atoms with E-state index >= 15 is 4.39 Å². The lowest BCUT2D eigenvalue weighted by molar-refractivity contribution is 0.407. The fraction of sp³-hybridized carbons (Fsp3) is 0.318. The van der Waals surface area contributed by atoms with Crippen LogP contribution in [0.25, 0.3) is 21.8 Å². The van der Waals surface area contributed by atoms with Crippen LogP contribution in [0, 0.1) is 17.1 Å². The second kappa shape index (κ2) is 7.25. The van der Waals surface area contributed by atoms with Crippen LogP contribution in [-0.2, 0) is 7.05 Å². The van der Waals surface area contributed by atoms with E-state index in [1.54, 1.807) is 16.8 Å². The van der Waals surface area contributed by atoms with Gasteiger partial charge in [0.2, 0.25) is 0 Å². The zero-order valence-corrected chi connectivity index (χ0v) is 17.6. The van der Waals surface area contributed by atoms with Crippen molar-refractivity contribution in [2.24, 2.45) is 7.05 Å². The number of aromatic nitrogens is 4. The number of halogens is 1. The molecule has 0 radical (unpaired) electrons. The van der Waals surface area contributed by atoms with Crippen LogP contribution >= 0.6 is 0 Å². The summed E-state index contributed by atoms with van der Waals surface area (Å²) >= 11 is 0. The Bertz CT molecular complexity index is 1320. The van der Waals surface area contributed by atoms with Gasteiger partial charge in [-0.25, -0.2) is 4.39 Å². The standard InChI is InChI=1S/C22H23FN8/c1-12-9-31(10-13(2)25-12)17-6-18(23)20-19(7-17)27-28-22(20)26-16-4-14(8-24)21-15(5-16)11-30(3)29-21/h4-7,11-13,25H,9-10H2,1-3H3,(H2,26,27,28)/t12-,13-/m0/s1. The highest BCUT2D eigenvalue weighted by atomic mass is 19.1. The molecule has 4 aromatic rings. The monoisotopic (exact) mass is 418 g/mol. The number of nitrogens with one attached hydrogen (secondary N) is 3. The number of nitrogens with zero attached hydrogens (tertiary/aromatic N) is 5. The minimum absolute atomic E-state index is 0.332. The summed E-state index contributed by atoms with van der Waals surface area (Å²) in [6.07, 6.45) is 1.84. The number of anilines is 3. The average molecular weight is 418 g/mol. The smallest absolute Gasteiger partial charge is 0.163 e. The highest BCUT2D eigenvalue weighted by Crippen LogP contribution is 2.32. The Morgan fingerprint density at radius 3 is 2.71 bits per heavy atom. The van der Waals surface area contributed by atoms with Gasteiger partial charge in [-0.05, 0) is 38.1 Å². The molecule has 0 unspecified atom stereocenters. The molecule has 2 aromatic heterocycles. The molecular weight excluding hydrogens is 395 g/mol. The Morgan fingerprint density at radius 1 is 1.19 bits per heavy atom. The quantitative estimate of drug-likeness (QED) is 0.472. The number of hydrogen-bond acceptors (Lipinski definition) is 6. The third kappa shape index (κ3) is 3.45. The third-order valence-corrected chi connectivity index (χ3v) is 5.63. The minimum atomic E-state index is -0.342. The van der Waals surface area contributed by atoms with Crippen LogP contribution < -0.4 is 15.5 Å². The van der Waals surface area contributed by atoms with Crippen LogP contribution in [0.5, 0.6) is 0 Å². The van der Waals surface area contributed by atoms with Crippen molar-refractivity contribution in [1.82, 2.24) is 25.3 Å². The summed E-state index contributed by atoms with van der Waals surface area (Å²) in [6.45, 7) is 5.89. The molecule has 0 amide bonds. The van der Waals surface area contributed by atoms with E-state index < -0.39 is 0 Å². The summed E-state index contributed by atoms with van der Waals surface area (Å²) in [5, 5.41) is 28.9. The molecular formula is C22H23FN8. The molecule has 31 heavy (non-hydrogen) atoms. The molecule has 1 aliphatic heterocycles. The largest absolute Gasteiger partial charge is 0.368 e. The van der Waals surface area contributed by atoms with Gasteiger partial charge < -0.3 is 15.5 Å². The molecule has 0 aliphatic carbocycles. The predicted octanol–water partition coefficient (Wildman–Crippen LogP) is 3.39. The Hall–Kier alpha value is -3.64. The van der Waals surface area contributed by atoms with Crippen LogP contribution in [0.1, 0.15) is 19.4 Å². The van der Waals surface area contributed by atoms with Gasteiger partial charge in [-0.2, -0.15) is 15.5 Å². The lowest BCUT2D eigenvalue weighted by atomic mass is 10.1. The fourth-order valence-electron chi connectivity index (χ4n) is 4.45. The Balaban J connectivity index is 1.51. The number of benzene rings is 2. The van der Waals surface area contributed by atoms with E-state index in [-0.39, 0.29) is 5.82 Å². The molecule has 3 heterocycles. The number of aryl methyl sites for hydroxylation is 1. The second-order valence-electron chi connectivity index (χ2n) is 8.30. The molecule has 1 saturated heterocycles. The predicted molar refractivity (Wildman–Crippen MR) is 119 cm³/mol. The summed E-state index contributed by atoms with van der Waals surface area (Å²) in [6, 6.07) is 9.92.